The van der Waals surface area contributed by atoms with Gasteiger partial charge >= 0.3 is 0 Å². The zero-order valence-electron chi connectivity index (χ0n) is 8.41. The summed E-state index contributed by atoms with van der Waals surface area (Å²) in [5.74, 6) is 0. The van der Waals surface area contributed by atoms with Crippen molar-refractivity contribution in [3.63, 3.8) is 0 Å². The van der Waals surface area contributed by atoms with Crippen LogP contribution >= 0.6 is 34.5 Å². The molecular formula is C11H10Cl2N2S. The fourth-order valence-electron chi connectivity index (χ4n) is 1.31. The van der Waals surface area contributed by atoms with E-state index < -0.39 is 0 Å². The molecule has 2 nitrogen and oxygen atoms in total. The number of hydrogen-bond acceptors (Lipinski definition) is 3. The average Bonchev–Trinajstić information content (AvgIpc) is 2.76. The van der Waals surface area contributed by atoms with E-state index in [-0.39, 0.29) is 0 Å². The van der Waals surface area contributed by atoms with Gasteiger partial charge in [-0.3, -0.25) is 0 Å². The van der Waals surface area contributed by atoms with E-state index in [1.165, 1.54) is 0 Å². The predicted octanol–water partition coefficient (Wildman–Crippen LogP) is 3.74. The Morgan fingerprint density at radius 2 is 2.06 bits per heavy atom. The molecule has 2 aromatic rings. The smallest absolute Gasteiger partial charge is 0.0795 e. The summed E-state index contributed by atoms with van der Waals surface area (Å²) in [5, 5.41) is 6.50. The summed E-state index contributed by atoms with van der Waals surface area (Å²) in [6.45, 7) is 1.53. The predicted molar refractivity (Wildman–Crippen MR) is 69.1 cm³/mol. The minimum Gasteiger partial charge on any atom is -0.307 e. The van der Waals surface area contributed by atoms with Crippen molar-refractivity contribution in [2.75, 3.05) is 0 Å². The number of hydrogen-bond donors (Lipinski definition) is 1. The van der Waals surface area contributed by atoms with Gasteiger partial charge in [0.15, 0.2) is 0 Å². The minimum atomic E-state index is 0.588. The molecule has 0 saturated carbocycles. The highest BCUT2D eigenvalue weighted by atomic mass is 35.5. The first kappa shape index (κ1) is 11.9. The highest BCUT2D eigenvalue weighted by Gasteiger charge is 1.99. The first-order chi connectivity index (χ1) is 7.75. The van der Waals surface area contributed by atoms with Gasteiger partial charge in [0.25, 0.3) is 0 Å². The quantitative estimate of drug-likeness (QED) is 0.917. The van der Waals surface area contributed by atoms with Crippen LogP contribution in [-0.4, -0.2) is 4.98 Å². The van der Waals surface area contributed by atoms with E-state index in [0.29, 0.717) is 10.0 Å². The normalized spacial score (nSPS) is 10.6. The number of rotatable bonds is 4. The summed E-state index contributed by atoms with van der Waals surface area (Å²) in [6, 6.07) is 5.64. The lowest BCUT2D eigenvalue weighted by Gasteiger charge is -2.04. The van der Waals surface area contributed by atoms with Crippen LogP contribution in [0.1, 0.15) is 11.3 Å². The number of halogens is 2. The summed E-state index contributed by atoms with van der Waals surface area (Å²) in [6.07, 6.45) is 0. The van der Waals surface area contributed by atoms with Gasteiger partial charge in [0.2, 0.25) is 0 Å². The molecule has 0 aliphatic rings. The molecule has 1 aromatic heterocycles. The molecule has 0 saturated heterocycles. The van der Waals surface area contributed by atoms with Crippen molar-refractivity contribution in [2.45, 2.75) is 13.1 Å². The van der Waals surface area contributed by atoms with Gasteiger partial charge in [-0.15, -0.1) is 11.3 Å². The molecule has 0 radical (unpaired) electrons. The monoisotopic (exact) mass is 272 g/mol. The second-order valence-corrected chi connectivity index (χ2v) is 4.86. The molecule has 0 bridgehead atoms. The van der Waals surface area contributed by atoms with E-state index in [9.17, 15) is 0 Å². The molecule has 84 valence electrons. The maximum absolute atomic E-state index is 5.92. The second kappa shape index (κ2) is 5.64. The summed E-state index contributed by atoms with van der Waals surface area (Å²) >= 11 is 13.4. The Morgan fingerprint density at radius 3 is 2.75 bits per heavy atom. The Morgan fingerprint density at radius 1 is 1.19 bits per heavy atom. The Balaban J connectivity index is 1.87. The molecule has 0 fully saturated rings. The fraction of sp³-hybridized carbons (Fsp3) is 0.182. The molecule has 1 N–H and O–H groups in total. The standard InChI is InChI=1S/C11H10Cl2N2S/c12-10-2-1-8(3-11(10)13)4-14-5-9-6-16-7-15-9/h1-3,6-7,14H,4-5H2. The summed E-state index contributed by atoms with van der Waals surface area (Å²) in [4.78, 5) is 4.19. The van der Waals surface area contributed by atoms with E-state index in [4.69, 9.17) is 23.2 Å². The van der Waals surface area contributed by atoms with Crippen molar-refractivity contribution in [1.82, 2.24) is 10.3 Å². The van der Waals surface area contributed by atoms with Gasteiger partial charge in [0.05, 0.1) is 21.2 Å². The highest BCUT2D eigenvalue weighted by Crippen LogP contribution is 2.22. The largest absolute Gasteiger partial charge is 0.307 e. The number of benzene rings is 1. The lowest BCUT2D eigenvalue weighted by atomic mass is 10.2. The fourth-order valence-corrected chi connectivity index (χ4v) is 2.19. The molecule has 5 heteroatoms. The van der Waals surface area contributed by atoms with Gasteiger partial charge in [0, 0.05) is 18.5 Å². The maximum Gasteiger partial charge on any atom is 0.0795 e. The maximum atomic E-state index is 5.92. The van der Waals surface area contributed by atoms with Crippen LogP contribution in [0.3, 0.4) is 0 Å². The lowest BCUT2D eigenvalue weighted by molar-refractivity contribution is 0.683. The van der Waals surface area contributed by atoms with Crippen LogP contribution in [0.2, 0.25) is 10.0 Å². The second-order valence-electron chi connectivity index (χ2n) is 3.33. The van der Waals surface area contributed by atoms with Crippen molar-refractivity contribution in [1.29, 1.82) is 0 Å². The lowest BCUT2D eigenvalue weighted by Crippen LogP contribution is -2.12. The molecule has 0 amide bonds. The number of thiazole rings is 1. The van der Waals surface area contributed by atoms with Crippen molar-refractivity contribution in [3.8, 4) is 0 Å². The molecule has 0 aliphatic carbocycles. The molecule has 0 unspecified atom stereocenters. The summed E-state index contributed by atoms with van der Waals surface area (Å²) in [5.41, 5.74) is 4.01. The third-order valence-electron chi connectivity index (χ3n) is 2.10. The van der Waals surface area contributed by atoms with Crippen molar-refractivity contribution < 1.29 is 0 Å². The van der Waals surface area contributed by atoms with E-state index in [1.807, 2.05) is 29.1 Å². The number of aromatic nitrogens is 1. The van der Waals surface area contributed by atoms with Crippen LogP contribution < -0.4 is 5.32 Å². The molecule has 1 heterocycles. The molecular weight excluding hydrogens is 263 g/mol. The molecule has 0 spiro atoms. The van der Waals surface area contributed by atoms with E-state index in [1.54, 1.807) is 11.3 Å². The van der Waals surface area contributed by atoms with Crippen LogP contribution in [0.15, 0.2) is 29.1 Å². The van der Waals surface area contributed by atoms with Crippen molar-refractivity contribution in [3.05, 3.63) is 50.4 Å². The van der Waals surface area contributed by atoms with Gasteiger partial charge in [-0.05, 0) is 17.7 Å². The number of nitrogens with one attached hydrogen (secondary N) is 1. The minimum absolute atomic E-state index is 0.588. The SMILES string of the molecule is Clc1ccc(CNCc2cscn2)cc1Cl. The molecule has 0 atom stereocenters. The summed E-state index contributed by atoms with van der Waals surface area (Å²) in [7, 11) is 0. The Kier molecular flexibility index (Phi) is 4.18. The average molecular weight is 273 g/mol. The topological polar surface area (TPSA) is 24.9 Å². The summed E-state index contributed by atoms with van der Waals surface area (Å²) < 4.78 is 0. The van der Waals surface area contributed by atoms with Crippen LogP contribution in [0.4, 0.5) is 0 Å². The van der Waals surface area contributed by atoms with Crippen molar-refractivity contribution in [2.24, 2.45) is 0 Å². The van der Waals surface area contributed by atoms with E-state index >= 15 is 0 Å². The molecule has 2 rings (SSSR count). The third kappa shape index (κ3) is 3.19. The zero-order valence-corrected chi connectivity index (χ0v) is 10.7. The highest BCUT2D eigenvalue weighted by molar-refractivity contribution is 7.07. The zero-order chi connectivity index (χ0) is 11.4. The van der Waals surface area contributed by atoms with Gasteiger partial charge in [-0.2, -0.15) is 0 Å². The molecule has 0 aliphatic heterocycles. The van der Waals surface area contributed by atoms with Crippen LogP contribution in [-0.2, 0) is 13.1 Å². The molecule has 1 aromatic carbocycles. The first-order valence-corrected chi connectivity index (χ1v) is 6.47. The third-order valence-corrected chi connectivity index (χ3v) is 3.48. The van der Waals surface area contributed by atoms with Gasteiger partial charge in [0.1, 0.15) is 0 Å². The van der Waals surface area contributed by atoms with Crippen LogP contribution in [0.5, 0.6) is 0 Å². The van der Waals surface area contributed by atoms with Crippen molar-refractivity contribution >= 4 is 34.5 Å². The van der Waals surface area contributed by atoms with E-state index in [2.05, 4.69) is 10.3 Å². The van der Waals surface area contributed by atoms with Crippen LogP contribution in [0.25, 0.3) is 0 Å². The Hall–Kier alpha value is -0.610. The molecule has 16 heavy (non-hydrogen) atoms. The van der Waals surface area contributed by atoms with Gasteiger partial charge < -0.3 is 5.32 Å². The Labute approximate surface area is 108 Å². The van der Waals surface area contributed by atoms with Gasteiger partial charge in [-0.1, -0.05) is 29.3 Å². The number of nitrogens with zero attached hydrogens (tertiary/aromatic N) is 1. The van der Waals surface area contributed by atoms with Gasteiger partial charge in [-0.25, -0.2) is 4.98 Å². The van der Waals surface area contributed by atoms with Crippen LogP contribution in [0, 0.1) is 0 Å². The van der Waals surface area contributed by atoms with E-state index in [0.717, 1.165) is 24.3 Å². The Bertz CT molecular complexity index is 457. The first-order valence-electron chi connectivity index (χ1n) is 4.77.